The third-order valence-corrected chi connectivity index (χ3v) is 3.38. The lowest BCUT2D eigenvalue weighted by Crippen LogP contribution is -2.22. The van der Waals surface area contributed by atoms with E-state index in [0.717, 1.165) is 24.5 Å². The zero-order valence-corrected chi connectivity index (χ0v) is 11.6. The summed E-state index contributed by atoms with van der Waals surface area (Å²) in [6.45, 7) is 5.53. The SMILES string of the molecule is COc1ccc(C2=CN(C(C)C)CC2)cc1OC. The minimum Gasteiger partial charge on any atom is -0.493 e. The number of benzene rings is 1. The Morgan fingerprint density at radius 1 is 1.11 bits per heavy atom. The summed E-state index contributed by atoms with van der Waals surface area (Å²) in [5.41, 5.74) is 2.58. The van der Waals surface area contributed by atoms with Crippen LogP contribution >= 0.6 is 0 Å². The summed E-state index contributed by atoms with van der Waals surface area (Å²) in [4.78, 5) is 2.37. The molecule has 0 spiro atoms. The van der Waals surface area contributed by atoms with Crippen LogP contribution in [0.4, 0.5) is 0 Å². The summed E-state index contributed by atoms with van der Waals surface area (Å²) in [6.07, 6.45) is 3.35. The Kier molecular flexibility index (Phi) is 3.80. The maximum Gasteiger partial charge on any atom is 0.161 e. The van der Waals surface area contributed by atoms with E-state index in [1.807, 2.05) is 6.07 Å². The molecular weight excluding hydrogens is 226 g/mol. The molecule has 0 radical (unpaired) electrons. The van der Waals surface area contributed by atoms with E-state index < -0.39 is 0 Å². The lowest BCUT2D eigenvalue weighted by Gasteiger charge is -2.19. The van der Waals surface area contributed by atoms with Crippen LogP contribution in [0.15, 0.2) is 24.4 Å². The first kappa shape index (κ1) is 12.8. The molecule has 1 aliphatic rings. The highest BCUT2D eigenvalue weighted by Crippen LogP contribution is 2.33. The Morgan fingerprint density at radius 2 is 1.83 bits per heavy atom. The first-order valence-corrected chi connectivity index (χ1v) is 6.34. The van der Waals surface area contributed by atoms with Crippen LogP contribution in [0.2, 0.25) is 0 Å². The van der Waals surface area contributed by atoms with Gasteiger partial charge in [0.15, 0.2) is 11.5 Å². The van der Waals surface area contributed by atoms with E-state index in [4.69, 9.17) is 9.47 Å². The second kappa shape index (κ2) is 5.34. The predicted molar refractivity (Wildman–Crippen MR) is 74.0 cm³/mol. The van der Waals surface area contributed by atoms with Gasteiger partial charge in [0.25, 0.3) is 0 Å². The van der Waals surface area contributed by atoms with Crippen LogP contribution in [0, 0.1) is 0 Å². The average Bonchev–Trinajstić information content (AvgIpc) is 2.87. The Hall–Kier alpha value is -1.64. The van der Waals surface area contributed by atoms with Gasteiger partial charge in [0, 0.05) is 18.8 Å². The molecule has 0 N–H and O–H groups in total. The molecule has 0 atom stereocenters. The molecule has 0 aromatic heterocycles. The van der Waals surface area contributed by atoms with Crippen molar-refractivity contribution >= 4 is 5.57 Å². The summed E-state index contributed by atoms with van der Waals surface area (Å²) < 4.78 is 10.6. The fourth-order valence-electron chi connectivity index (χ4n) is 2.24. The van der Waals surface area contributed by atoms with Gasteiger partial charge in [-0.3, -0.25) is 0 Å². The standard InChI is InChI=1S/C15H21NO2/c1-11(2)16-8-7-13(10-16)12-5-6-14(17-3)15(9-12)18-4/h5-6,9-11H,7-8H2,1-4H3. The van der Waals surface area contributed by atoms with E-state index in [2.05, 4.69) is 37.1 Å². The molecule has 18 heavy (non-hydrogen) atoms. The van der Waals surface area contributed by atoms with Crippen molar-refractivity contribution < 1.29 is 9.47 Å². The quantitative estimate of drug-likeness (QED) is 0.815. The van der Waals surface area contributed by atoms with Crippen LogP contribution < -0.4 is 9.47 Å². The van der Waals surface area contributed by atoms with Gasteiger partial charge in [-0.05, 0) is 43.5 Å². The smallest absolute Gasteiger partial charge is 0.161 e. The van der Waals surface area contributed by atoms with E-state index >= 15 is 0 Å². The van der Waals surface area contributed by atoms with Gasteiger partial charge in [0.05, 0.1) is 14.2 Å². The monoisotopic (exact) mass is 247 g/mol. The lowest BCUT2D eigenvalue weighted by atomic mass is 10.1. The second-order valence-corrected chi connectivity index (χ2v) is 4.81. The molecule has 0 fully saturated rings. The Bertz CT molecular complexity index is 452. The van der Waals surface area contributed by atoms with Crippen LogP contribution in [0.1, 0.15) is 25.8 Å². The van der Waals surface area contributed by atoms with Gasteiger partial charge in [-0.15, -0.1) is 0 Å². The Balaban J connectivity index is 2.27. The summed E-state index contributed by atoms with van der Waals surface area (Å²) in [6, 6.07) is 6.67. The highest BCUT2D eigenvalue weighted by molar-refractivity contribution is 5.69. The van der Waals surface area contributed by atoms with Crippen molar-refractivity contribution in [2.24, 2.45) is 0 Å². The molecule has 3 heteroatoms. The van der Waals surface area contributed by atoms with Crippen molar-refractivity contribution in [1.29, 1.82) is 0 Å². The molecule has 0 saturated carbocycles. The fraction of sp³-hybridized carbons (Fsp3) is 0.467. The third kappa shape index (κ3) is 2.45. The predicted octanol–water partition coefficient (Wildman–Crippen LogP) is 3.16. The summed E-state index contributed by atoms with van der Waals surface area (Å²) in [5, 5.41) is 0. The minimum atomic E-state index is 0.558. The molecule has 0 saturated heterocycles. The molecule has 1 aromatic carbocycles. The first-order valence-electron chi connectivity index (χ1n) is 6.34. The molecule has 1 aliphatic heterocycles. The highest BCUT2D eigenvalue weighted by Gasteiger charge is 2.17. The maximum absolute atomic E-state index is 5.34. The maximum atomic E-state index is 5.34. The molecule has 0 amide bonds. The van der Waals surface area contributed by atoms with Crippen molar-refractivity contribution in [3.63, 3.8) is 0 Å². The van der Waals surface area contributed by atoms with Crippen LogP contribution in [-0.2, 0) is 0 Å². The highest BCUT2D eigenvalue weighted by atomic mass is 16.5. The second-order valence-electron chi connectivity index (χ2n) is 4.81. The number of nitrogens with zero attached hydrogens (tertiary/aromatic N) is 1. The summed E-state index contributed by atoms with van der Waals surface area (Å²) >= 11 is 0. The normalized spacial score (nSPS) is 14.9. The molecule has 0 unspecified atom stereocenters. The summed E-state index contributed by atoms with van der Waals surface area (Å²) in [7, 11) is 3.33. The van der Waals surface area contributed by atoms with Crippen molar-refractivity contribution in [1.82, 2.24) is 4.90 Å². The number of ether oxygens (including phenoxy) is 2. The third-order valence-electron chi connectivity index (χ3n) is 3.38. The van der Waals surface area contributed by atoms with Gasteiger partial charge >= 0.3 is 0 Å². The van der Waals surface area contributed by atoms with Gasteiger partial charge in [0.1, 0.15) is 0 Å². The molecule has 0 bridgehead atoms. The van der Waals surface area contributed by atoms with E-state index in [0.29, 0.717) is 6.04 Å². The number of methoxy groups -OCH3 is 2. The number of rotatable bonds is 4. The van der Waals surface area contributed by atoms with E-state index in [9.17, 15) is 0 Å². The zero-order chi connectivity index (χ0) is 13.1. The molecular formula is C15H21NO2. The van der Waals surface area contributed by atoms with Crippen molar-refractivity contribution in [3.8, 4) is 11.5 Å². The van der Waals surface area contributed by atoms with Gasteiger partial charge in [-0.2, -0.15) is 0 Å². The number of hydrogen-bond acceptors (Lipinski definition) is 3. The van der Waals surface area contributed by atoms with E-state index in [-0.39, 0.29) is 0 Å². The van der Waals surface area contributed by atoms with Crippen molar-refractivity contribution in [2.45, 2.75) is 26.3 Å². The van der Waals surface area contributed by atoms with Gasteiger partial charge in [-0.25, -0.2) is 0 Å². The lowest BCUT2D eigenvalue weighted by molar-refractivity contribution is 0.336. The zero-order valence-electron chi connectivity index (χ0n) is 11.6. The summed E-state index contributed by atoms with van der Waals surface area (Å²) in [5.74, 6) is 1.57. The Labute approximate surface area is 109 Å². The van der Waals surface area contributed by atoms with Crippen molar-refractivity contribution in [3.05, 3.63) is 30.0 Å². The molecule has 1 heterocycles. The fourth-order valence-corrected chi connectivity index (χ4v) is 2.24. The molecule has 3 nitrogen and oxygen atoms in total. The largest absolute Gasteiger partial charge is 0.493 e. The number of hydrogen-bond donors (Lipinski definition) is 0. The molecule has 1 aromatic rings. The van der Waals surface area contributed by atoms with Crippen molar-refractivity contribution in [2.75, 3.05) is 20.8 Å². The Morgan fingerprint density at radius 3 is 2.39 bits per heavy atom. The molecule has 0 aliphatic carbocycles. The molecule has 98 valence electrons. The topological polar surface area (TPSA) is 21.7 Å². The van der Waals surface area contributed by atoms with Crippen LogP contribution in [0.25, 0.3) is 5.57 Å². The minimum absolute atomic E-state index is 0.558. The van der Waals surface area contributed by atoms with Crippen LogP contribution in [-0.4, -0.2) is 31.7 Å². The van der Waals surface area contributed by atoms with E-state index in [1.165, 1.54) is 11.1 Å². The molecule has 2 rings (SSSR count). The first-order chi connectivity index (χ1) is 8.65. The van der Waals surface area contributed by atoms with E-state index in [1.54, 1.807) is 14.2 Å². The average molecular weight is 247 g/mol. The van der Waals surface area contributed by atoms with Gasteiger partial charge < -0.3 is 14.4 Å². The van der Waals surface area contributed by atoms with Gasteiger partial charge in [-0.1, -0.05) is 6.07 Å². The van der Waals surface area contributed by atoms with Crippen LogP contribution in [0.5, 0.6) is 11.5 Å². The van der Waals surface area contributed by atoms with Gasteiger partial charge in [0.2, 0.25) is 0 Å². The van der Waals surface area contributed by atoms with Crippen LogP contribution in [0.3, 0.4) is 0 Å².